The molecule has 0 aliphatic heterocycles. The van der Waals surface area contributed by atoms with Gasteiger partial charge in [0.1, 0.15) is 6.61 Å². The Morgan fingerprint density at radius 2 is 0.724 bits per heavy atom. The van der Waals surface area contributed by atoms with Crippen molar-refractivity contribution in [2.75, 3.05) is 26.4 Å². The normalized spacial score (nSPS) is 13.8. The molecule has 0 fully saturated rings. The zero-order valence-corrected chi connectivity index (χ0v) is 49.6. The van der Waals surface area contributed by atoms with Gasteiger partial charge in [-0.25, -0.2) is 4.57 Å². The molecule has 2 unspecified atom stereocenters. The van der Waals surface area contributed by atoms with Crippen LogP contribution in [0.25, 0.3) is 0 Å². The predicted octanol–water partition coefficient (Wildman–Crippen LogP) is 19.8. The third-order valence-electron chi connectivity index (χ3n) is 12.9. The van der Waals surface area contributed by atoms with Crippen LogP contribution in [0.4, 0.5) is 0 Å². The molecule has 3 N–H and O–H groups in total. The molecular formula is C66H114NO8P. The molecular weight excluding hydrogens is 966 g/mol. The molecule has 2 atom stereocenters. The molecule has 0 radical (unpaired) electrons. The standard InChI is InChI=1S/C66H114NO8P/c1-3-5-7-9-11-13-15-17-19-21-23-24-25-26-27-28-29-30-31-32-33-34-35-36-37-38-39-40-41-43-45-47-49-51-53-55-57-59-66(69)75-64(63-74-76(70,71)73-61-60-67)62-72-65(68)58-56-54-52-50-48-46-44-42-22-20-18-16-14-12-10-8-6-4-2/h5,7,11,13,17,19-20,22-24,26-27,29-30,32-33,35-36,64H,3-4,6,8-10,12,14-16,18,21,25,28,31,34,37-63,67H2,1-2H3,(H,70,71)/b7-5-,13-11-,19-17-,22-20-,24-23-,27-26-,30-29-,33-32-,36-35-. The minimum absolute atomic E-state index is 0.0489. The number of phosphoric ester groups is 1. The van der Waals surface area contributed by atoms with Gasteiger partial charge in [0.15, 0.2) is 6.10 Å². The van der Waals surface area contributed by atoms with Gasteiger partial charge in [-0.05, 0) is 103 Å². The Balaban J connectivity index is 3.95. The van der Waals surface area contributed by atoms with Crippen LogP contribution >= 0.6 is 7.82 Å². The van der Waals surface area contributed by atoms with Crippen molar-refractivity contribution in [1.29, 1.82) is 0 Å². The van der Waals surface area contributed by atoms with Crippen molar-refractivity contribution in [1.82, 2.24) is 0 Å². The van der Waals surface area contributed by atoms with Crippen LogP contribution in [-0.4, -0.2) is 49.3 Å². The third-order valence-corrected chi connectivity index (χ3v) is 13.9. The van der Waals surface area contributed by atoms with Gasteiger partial charge in [-0.15, -0.1) is 0 Å². The average Bonchev–Trinajstić information content (AvgIpc) is 3.41. The SMILES string of the molecule is CC/C=C\C/C=C\C/C=C\C/C=C\C/C=C\C/C=C\C/C=C\C/C=C\CCCCCCCCCCCCCCC(=O)OC(COC(=O)CCCCCCCCC/C=C\CCCCCCCCC)COP(=O)(O)OCCN. The number of esters is 2. The second-order valence-electron chi connectivity index (χ2n) is 20.2. The van der Waals surface area contributed by atoms with Crippen LogP contribution < -0.4 is 5.73 Å². The summed E-state index contributed by atoms with van der Waals surface area (Å²) in [6.07, 6.45) is 82.9. The number of hydrogen-bond acceptors (Lipinski definition) is 8. The lowest BCUT2D eigenvalue weighted by atomic mass is 10.0. The molecule has 0 aliphatic rings. The van der Waals surface area contributed by atoms with E-state index in [9.17, 15) is 19.0 Å². The highest BCUT2D eigenvalue weighted by atomic mass is 31.2. The Kier molecular flexibility index (Phi) is 58.2. The summed E-state index contributed by atoms with van der Waals surface area (Å²) in [4.78, 5) is 35.2. The third kappa shape index (κ3) is 59.9. The van der Waals surface area contributed by atoms with Crippen LogP contribution in [0.1, 0.15) is 264 Å². The van der Waals surface area contributed by atoms with Gasteiger partial charge in [0, 0.05) is 19.4 Å². The van der Waals surface area contributed by atoms with E-state index >= 15 is 0 Å². The van der Waals surface area contributed by atoms with Gasteiger partial charge in [0.25, 0.3) is 0 Å². The molecule has 0 amide bonds. The molecule has 9 nitrogen and oxygen atoms in total. The second-order valence-corrected chi connectivity index (χ2v) is 21.6. The molecule has 0 saturated heterocycles. The lowest BCUT2D eigenvalue weighted by Crippen LogP contribution is -2.29. The zero-order chi connectivity index (χ0) is 55.2. The number of unbranched alkanes of at least 4 members (excludes halogenated alkanes) is 26. The summed E-state index contributed by atoms with van der Waals surface area (Å²) in [5.41, 5.74) is 5.38. The fraction of sp³-hybridized carbons (Fsp3) is 0.697. The van der Waals surface area contributed by atoms with Crippen molar-refractivity contribution in [2.45, 2.75) is 270 Å². The molecule has 0 aromatic carbocycles. The van der Waals surface area contributed by atoms with Crippen LogP contribution in [0.15, 0.2) is 109 Å². The van der Waals surface area contributed by atoms with Gasteiger partial charge in [-0.2, -0.15) is 0 Å². The van der Waals surface area contributed by atoms with Gasteiger partial charge in [-0.3, -0.25) is 18.6 Å². The lowest BCUT2D eigenvalue weighted by molar-refractivity contribution is -0.161. The van der Waals surface area contributed by atoms with E-state index in [0.717, 1.165) is 103 Å². The topological polar surface area (TPSA) is 134 Å². The summed E-state index contributed by atoms with van der Waals surface area (Å²) in [6.45, 7) is 3.63. The van der Waals surface area contributed by atoms with Crippen molar-refractivity contribution < 1.29 is 37.6 Å². The first-order valence-corrected chi connectivity index (χ1v) is 32.4. The van der Waals surface area contributed by atoms with E-state index in [0.29, 0.717) is 6.42 Å². The maximum Gasteiger partial charge on any atom is 0.472 e. The lowest BCUT2D eigenvalue weighted by Gasteiger charge is -2.19. The van der Waals surface area contributed by atoms with E-state index < -0.39 is 26.5 Å². The highest BCUT2D eigenvalue weighted by Gasteiger charge is 2.26. The fourth-order valence-corrected chi connectivity index (χ4v) is 9.12. The Morgan fingerprint density at radius 1 is 0.408 bits per heavy atom. The number of hydrogen-bond donors (Lipinski definition) is 2. The van der Waals surface area contributed by atoms with Crippen LogP contribution in [0, 0.1) is 0 Å². The summed E-state index contributed by atoms with van der Waals surface area (Å²) in [6, 6.07) is 0. The number of carbonyl (C=O) groups is 2. The zero-order valence-electron chi connectivity index (χ0n) is 48.7. The Morgan fingerprint density at radius 3 is 1.09 bits per heavy atom. The maximum absolute atomic E-state index is 12.7. The summed E-state index contributed by atoms with van der Waals surface area (Å²) in [7, 11) is -4.39. The smallest absolute Gasteiger partial charge is 0.462 e. The summed E-state index contributed by atoms with van der Waals surface area (Å²) in [5, 5.41) is 0. The molecule has 436 valence electrons. The summed E-state index contributed by atoms with van der Waals surface area (Å²) < 4.78 is 33.0. The van der Waals surface area contributed by atoms with Crippen molar-refractivity contribution >= 4 is 19.8 Å². The molecule has 0 bridgehead atoms. The summed E-state index contributed by atoms with van der Waals surface area (Å²) in [5.74, 6) is -0.834. The quantitative estimate of drug-likeness (QED) is 0.0264. The number of carbonyl (C=O) groups excluding carboxylic acids is 2. The van der Waals surface area contributed by atoms with E-state index in [-0.39, 0.29) is 38.6 Å². The van der Waals surface area contributed by atoms with E-state index in [2.05, 4.69) is 123 Å². The first kappa shape index (κ1) is 72.7. The summed E-state index contributed by atoms with van der Waals surface area (Å²) >= 11 is 0. The molecule has 0 spiro atoms. The van der Waals surface area contributed by atoms with Gasteiger partial charge >= 0.3 is 19.8 Å². The highest BCUT2D eigenvalue weighted by Crippen LogP contribution is 2.43. The molecule has 76 heavy (non-hydrogen) atoms. The number of allylic oxidation sites excluding steroid dienone is 18. The van der Waals surface area contributed by atoms with Gasteiger partial charge in [-0.1, -0.05) is 258 Å². The maximum atomic E-state index is 12.7. The van der Waals surface area contributed by atoms with Gasteiger partial charge < -0.3 is 20.1 Å². The number of phosphoric acid groups is 1. The van der Waals surface area contributed by atoms with Crippen molar-refractivity contribution in [2.24, 2.45) is 5.73 Å². The number of rotatable bonds is 57. The van der Waals surface area contributed by atoms with E-state index in [1.807, 2.05) is 0 Å². The molecule has 0 saturated carbocycles. The molecule has 0 aromatic rings. The predicted molar refractivity (Wildman–Crippen MR) is 325 cm³/mol. The largest absolute Gasteiger partial charge is 0.472 e. The first-order valence-electron chi connectivity index (χ1n) is 30.9. The number of nitrogens with two attached hydrogens (primary N) is 1. The molecule has 0 aromatic heterocycles. The van der Waals surface area contributed by atoms with Gasteiger partial charge in [0.05, 0.1) is 13.2 Å². The second kappa shape index (κ2) is 60.9. The highest BCUT2D eigenvalue weighted by molar-refractivity contribution is 7.47. The molecule has 0 heterocycles. The molecule has 0 aliphatic carbocycles. The Labute approximate surface area is 467 Å². The fourth-order valence-electron chi connectivity index (χ4n) is 8.35. The van der Waals surface area contributed by atoms with Crippen molar-refractivity contribution in [3.05, 3.63) is 109 Å². The van der Waals surface area contributed by atoms with Crippen LogP contribution in [0.3, 0.4) is 0 Å². The Bertz CT molecular complexity index is 1610. The Hall–Kier alpha value is -3.33. The van der Waals surface area contributed by atoms with Gasteiger partial charge in [0.2, 0.25) is 0 Å². The van der Waals surface area contributed by atoms with Crippen molar-refractivity contribution in [3.8, 4) is 0 Å². The van der Waals surface area contributed by atoms with Crippen LogP contribution in [-0.2, 0) is 32.7 Å². The minimum atomic E-state index is -4.39. The molecule has 0 rings (SSSR count). The first-order chi connectivity index (χ1) is 37.3. The van der Waals surface area contributed by atoms with E-state index in [4.69, 9.17) is 24.3 Å². The monoisotopic (exact) mass is 1080 g/mol. The van der Waals surface area contributed by atoms with E-state index in [1.54, 1.807) is 0 Å². The van der Waals surface area contributed by atoms with Crippen molar-refractivity contribution in [3.63, 3.8) is 0 Å². The molecule has 10 heteroatoms. The van der Waals surface area contributed by atoms with Crippen LogP contribution in [0.2, 0.25) is 0 Å². The van der Waals surface area contributed by atoms with E-state index in [1.165, 1.54) is 128 Å². The average molecular weight is 1080 g/mol. The van der Waals surface area contributed by atoms with Crippen LogP contribution in [0.5, 0.6) is 0 Å². The number of ether oxygens (including phenoxy) is 2. The minimum Gasteiger partial charge on any atom is -0.462 e.